The molecule has 35 heavy (non-hydrogen) atoms. The van der Waals surface area contributed by atoms with Gasteiger partial charge in [0.25, 0.3) is 17.5 Å². The van der Waals surface area contributed by atoms with Crippen molar-refractivity contribution in [3.05, 3.63) is 95.1 Å². The zero-order valence-corrected chi connectivity index (χ0v) is 19.5. The topological polar surface area (TPSA) is 108 Å². The zero-order chi connectivity index (χ0) is 25.1. The number of hydrogen-bond acceptors (Lipinski definition) is 8. The van der Waals surface area contributed by atoms with Crippen molar-refractivity contribution < 1.29 is 38.4 Å². The molecule has 0 bridgehead atoms. The van der Waals surface area contributed by atoms with Gasteiger partial charge in [0.05, 0.1) is 0 Å². The minimum absolute atomic E-state index is 0.166. The second-order valence-corrected chi connectivity index (χ2v) is 8.48. The Labute approximate surface area is 202 Å². The molecule has 1 atom stereocenters. The Bertz CT molecular complexity index is 1170. The third-order valence-corrected chi connectivity index (χ3v) is 5.83. The molecule has 0 spiro atoms. The van der Waals surface area contributed by atoms with Gasteiger partial charge in [-0.2, -0.15) is 0 Å². The van der Waals surface area contributed by atoms with E-state index in [0.717, 1.165) is 25.7 Å². The summed E-state index contributed by atoms with van der Waals surface area (Å²) in [5.74, 6) is -5.77. The monoisotopic (exact) mass is 478 g/mol. The maximum atomic E-state index is 12.5. The van der Waals surface area contributed by atoms with Crippen molar-refractivity contribution in [1.82, 2.24) is 0 Å². The molecule has 4 rings (SSSR count). The zero-order valence-electron chi connectivity index (χ0n) is 19.5. The summed E-state index contributed by atoms with van der Waals surface area (Å²) in [4.78, 5) is 37.3. The van der Waals surface area contributed by atoms with Crippen molar-refractivity contribution >= 4 is 17.9 Å². The molecule has 0 aromatic heterocycles. The van der Waals surface area contributed by atoms with Crippen LogP contribution in [0, 0.1) is 0 Å². The second kappa shape index (κ2) is 9.66. The Balaban J connectivity index is 1.41. The Morgan fingerprint density at radius 2 is 1.29 bits per heavy atom. The van der Waals surface area contributed by atoms with Crippen LogP contribution in [0.25, 0.3) is 0 Å². The first-order valence-corrected chi connectivity index (χ1v) is 11.3. The highest BCUT2D eigenvalue weighted by molar-refractivity contribution is 6.15. The lowest BCUT2D eigenvalue weighted by Crippen LogP contribution is -2.45. The maximum absolute atomic E-state index is 12.5. The Morgan fingerprint density at radius 1 is 0.743 bits per heavy atom. The van der Waals surface area contributed by atoms with Crippen LogP contribution in [-0.4, -0.2) is 34.6 Å². The van der Waals surface area contributed by atoms with Crippen LogP contribution in [0.3, 0.4) is 0 Å². The van der Waals surface area contributed by atoms with Crippen molar-refractivity contribution in [2.24, 2.45) is 0 Å². The SMILES string of the molecule is CC1(C2=CCCC=C2)OC(=O)C(=CC=CC=CC2=C(O)OC(C)(C3=CCCC=C3)OC2=O)C(=O)O1. The number of carbonyl (C=O) groups is 3. The molecule has 4 aliphatic rings. The number of rotatable bonds is 5. The van der Waals surface area contributed by atoms with E-state index < -0.39 is 35.4 Å². The summed E-state index contributed by atoms with van der Waals surface area (Å²) >= 11 is 0. The fraction of sp³-hybridized carbons (Fsp3) is 0.296. The van der Waals surface area contributed by atoms with Crippen LogP contribution in [0.4, 0.5) is 0 Å². The molecule has 0 saturated carbocycles. The lowest BCUT2D eigenvalue weighted by Gasteiger charge is -2.34. The van der Waals surface area contributed by atoms with Gasteiger partial charge in [0.15, 0.2) is 0 Å². The summed E-state index contributed by atoms with van der Waals surface area (Å²) in [6.07, 6.45) is 21.4. The molecule has 1 unspecified atom stereocenters. The summed E-state index contributed by atoms with van der Waals surface area (Å²) in [5, 5.41) is 10.3. The average Bonchev–Trinajstić information content (AvgIpc) is 2.83. The molecule has 0 aromatic carbocycles. The summed E-state index contributed by atoms with van der Waals surface area (Å²) < 4.78 is 21.7. The highest BCUT2D eigenvalue weighted by Gasteiger charge is 2.44. The minimum Gasteiger partial charge on any atom is -0.480 e. The van der Waals surface area contributed by atoms with Crippen LogP contribution in [0.5, 0.6) is 0 Å². The lowest BCUT2D eigenvalue weighted by atomic mass is 9.99. The standard InChI is InChI=1S/C27H26O8/c1-26(18-12-6-3-7-13-18)32-22(28)20(23(29)33-26)16-10-5-11-17-21-24(30)34-27(2,35-25(21)31)19-14-8-4-9-15-19/h5-6,8,10-17,28H,3-4,7,9H2,1-2H3. The second-order valence-electron chi connectivity index (χ2n) is 8.48. The van der Waals surface area contributed by atoms with Crippen LogP contribution in [-0.2, 0) is 33.3 Å². The Morgan fingerprint density at radius 3 is 1.80 bits per heavy atom. The predicted octanol–water partition coefficient (Wildman–Crippen LogP) is 4.45. The smallest absolute Gasteiger partial charge is 0.349 e. The Hall–Kier alpha value is -4.07. The van der Waals surface area contributed by atoms with E-state index in [1.54, 1.807) is 19.1 Å². The van der Waals surface area contributed by atoms with Gasteiger partial charge in [-0.25, -0.2) is 14.4 Å². The fourth-order valence-corrected chi connectivity index (χ4v) is 3.93. The molecular weight excluding hydrogens is 452 g/mol. The number of esters is 3. The molecular formula is C27H26O8. The molecule has 2 aliphatic carbocycles. The molecule has 2 heterocycles. The molecule has 1 fully saturated rings. The highest BCUT2D eigenvalue weighted by atomic mass is 16.8. The average molecular weight is 478 g/mol. The fourth-order valence-electron chi connectivity index (χ4n) is 3.93. The van der Waals surface area contributed by atoms with E-state index in [4.69, 9.17) is 18.9 Å². The number of ether oxygens (including phenoxy) is 4. The number of hydrogen-bond donors (Lipinski definition) is 1. The van der Waals surface area contributed by atoms with Crippen molar-refractivity contribution in [1.29, 1.82) is 0 Å². The van der Waals surface area contributed by atoms with Gasteiger partial charge in [0.2, 0.25) is 0 Å². The largest absolute Gasteiger partial charge is 0.480 e. The van der Waals surface area contributed by atoms with E-state index in [1.165, 1.54) is 37.3 Å². The quantitative estimate of drug-likeness (QED) is 0.267. The maximum Gasteiger partial charge on any atom is 0.349 e. The molecule has 8 nitrogen and oxygen atoms in total. The molecule has 8 heteroatoms. The number of aliphatic hydroxyl groups is 1. The van der Waals surface area contributed by atoms with E-state index in [9.17, 15) is 19.5 Å². The van der Waals surface area contributed by atoms with Gasteiger partial charge in [0, 0.05) is 25.0 Å². The van der Waals surface area contributed by atoms with Crippen molar-refractivity contribution in [3.63, 3.8) is 0 Å². The van der Waals surface area contributed by atoms with Gasteiger partial charge >= 0.3 is 17.9 Å². The van der Waals surface area contributed by atoms with Crippen LogP contribution in [0.1, 0.15) is 39.5 Å². The molecule has 2 aliphatic heterocycles. The first-order valence-electron chi connectivity index (χ1n) is 11.3. The predicted molar refractivity (Wildman–Crippen MR) is 125 cm³/mol. The van der Waals surface area contributed by atoms with E-state index in [0.29, 0.717) is 11.1 Å². The van der Waals surface area contributed by atoms with Gasteiger partial charge in [-0.3, -0.25) is 0 Å². The Kier molecular flexibility index (Phi) is 6.64. The van der Waals surface area contributed by atoms with Gasteiger partial charge in [0.1, 0.15) is 11.1 Å². The highest BCUT2D eigenvalue weighted by Crippen LogP contribution is 2.35. The van der Waals surface area contributed by atoms with E-state index in [2.05, 4.69) is 0 Å². The molecule has 182 valence electrons. The van der Waals surface area contributed by atoms with Gasteiger partial charge < -0.3 is 24.1 Å². The normalized spacial score (nSPS) is 29.0. The third-order valence-electron chi connectivity index (χ3n) is 5.83. The first kappa shape index (κ1) is 24.1. The summed E-state index contributed by atoms with van der Waals surface area (Å²) in [7, 11) is 0. The minimum atomic E-state index is -1.46. The number of aliphatic hydroxyl groups excluding tert-OH is 1. The van der Waals surface area contributed by atoms with Crippen LogP contribution in [0.15, 0.2) is 95.1 Å². The van der Waals surface area contributed by atoms with Crippen molar-refractivity contribution in [3.8, 4) is 0 Å². The van der Waals surface area contributed by atoms with E-state index in [1.807, 2.05) is 24.3 Å². The van der Waals surface area contributed by atoms with E-state index >= 15 is 0 Å². The van der Waals surface area contributed by atoms with Crippen LogP contribution < -0.4 is 0 Å². The lowest BCUT2D eigenvalue weighted by molar-refractivity contribution is -0.215. The van der Waals surface area contributed by atoms with Gasteiger partial charge in [-0.1, -0.05) is 54.7 Å². The van der Waals surface area contributed by atoms with Gasteiger partial charge in [-0.15, -0.1) is 0 Å². The first-order chi connectivity index (χ1) is 16.7. The number of carbonyl (C=O) groups excluding carboxylic acids is 3. The third kappa shape index (κ3) is 5.06. The van der Waals surface area contributed by atoms with Crippen LogP contribution >= 0.6 is 0 Å². The van der Waals surface area contributed by atoms with Crippen molar-refractivity contribution in [2.45, 2.75) is 51.1 Å². The molecule has 0 amide bonds. The molecule has 1 saturated heterocycles. The van der Waals surface area contributed by atoms with Crippen molar-refractivity contribution in [2.75, 3.05) is 0 Å². The number of cyclic esters (lactones) is 3. The molecule has 0 aromatic rings. The summed E-state index contributed by atoms with van der Waals surface area (Å²) in [5.41, 5.74) is 0.835. The van der Waals surface area contributed by atoms with Gasteiger partial charge in [-0.05, 0) is 37.8 Å². The summed E-state index contributed by atoms with van der Waals surface area (Å²) in [6.45, 7) is 3.08. The summed E-state index contributed by atoms with van der Waals surface area (Å²) in [6, 6.07) is 0. The number of allylic oxidation sites excluding steroid dienone is 8. The molecule has 0 radical (unpaired) electrons. The van der Waals surface area contributed by atoms with Crippen LogP contribution in [0.2, 0.25) is 0 Å². The van der Waals surface area contributed by atoms with E-state index in [-0.39, 0.29) is 11.1 Å². The molecule has 1 N–H and O–H groups in total.